The molecule has 0 saturated heterocycles. The van der Waals surface area contributed by atoms with Gasteiger partial charge in [-0.15, -0.1) is 0 Å². The van der Waals surface area contributed by atoms with Crippen molar-refractivity contribution in [2.24, 2.45) is 0 Å². The molecule has 3 aromatic carbocycles. The van der Waals surface area contributed by atoms with Gasteiger partial charge in [0.05, 0.1) is 18.4 Å². The lowest BCUT2D eigenvalue weighted by Crippen LogP contribution is -2.00. The van der Waals surface area contributed by atoms with E-state index in [0.29, 0.717) is 23.8 Å². The van der Waals surface area contributed by atoms with Gasteiger partial charge in [0.1, 0.15) is 23.5 Å². The number of hydrogen-bond donors (Lipinski definition) is 0. The molecule has 0 unspecified atom stereocenters. The van der Waals surface area contributed by atoms with E-state index in [2.05, 4.69) is 11.9 Å². The Balaban J connectivity index is 1.33. The highest BCUT2D eigenvalue weighted by atomic mass is 19.1. The SMILES string of the molecule is CCCCCCOc1ccc(CCc2ccc3c(F)c(CCc4ccc(C#N)c(F)c4)ccc3c2)nc1. The summed E-state index contributed by atoms with van der Waals surface area (Å²) in [5.74, 6) is 0.0375. The molecule has 0 bridgehead atoms. The quantitative estimate of drug-likeness (QED) is 0.186. The molecule has 4 aromatic rings. The van der Waals surface area contributed by atoms with Crippen LogP contribution in [-0.4, -0.2) is 11.6 Å². The van der Waals surface area contributed by atoms with Crippen LogP contribution >= 0.6 is 0 Å². The van der Waals surface area contributed by atoms with Crippen LogP contribution in [0, 0.1) is 23.0 Å². The number of benzene rings is 3. The number of hydrogen-bond acceptors (Lipinski definition) is 3. The van der Waals surface area contributed by atoms with Crippen LogP contribution in [0.15, 0.2) is 66.9 Å². The standard InChI is InChI=1S/C32H32F2N2O/c1-2-3-4-5-18-37-29-16-15-28(36-22-29)14-8-23-9-17-30-26(19-23)13-12-25(32(30)34)10-6-24-7-11-27(21-35)31(33)20-24/h7,9,11-13,15-17,19-20,22H,2-6,8,10,14,18H2,1H3. The molecule has 0 radical (unpaired) electrons. The molecular weight excluding hydrogens is 466 g/mol. The van der Waals surface area contributed by atoms with Crippen LogP contribution in [0.1, 0.15) is 60.6 Å². The molecule has 1 aromatic heterocycles. The summed E-state index contributed by atoms with van der Waals surface area (Å²) in [6, 6.07) is 19.9. The second kappa shape index (κ2) is 13.0. The molecule has 5 heteroatoms. The summed E-state index contributed by atoms with van der Waals surface area (Å²) < 4.78 is 34.8. The first-order chi connectivity index (χ1) is 18.1. The molecule has 0 aliphatic heterocycles. The van der Waals surface area contributed by atoms with Gasteiger partial charge in [-0.1, -0.05) is 62.6 Å². The number of nitrogens with zero attached hydrogens (tertiary/aromatic N) is 2. The molecule has 1 heterocycles. The number of nitriles is 1. The fourth-order valence-corrected chi connectivity index (χ4v) is 4.45. The van der Waals surface area contributed by atoms with Crippen molar-refractivity contribution in [2.45, 2.75) is 58.3 Å². The summed E-state index contributed by atoms with van der Waals surface area (Å²) in [4.78, 5) is 4.53. The topological polar surface area (TPSA) is 45.9 Å². The lowest BCUT2D eigenvalue weighted by atomic mass is 9.97. The number of pyridine rings is 1. The van der Waals surface area contributed by atoms with Crippen molar-refractivity contribution in [3.8, 4) is 11.8 Å². The number of halogens is 2. The second-order valence-corrected chi connectivity index (χ2v) is 9.41. The Kier molecular flexibility index (Phi) is 9.21. The van der Waals surface area contributed by atoms with Gasteiger partial charge >= 0.3 is 0 Å². The first-order valence-corrected chi connectivity index (χ1v) is 13.0. The number of aryl methyl sites for hydroxylation is 4. The van der Waals surface area contributed by atoms with Crippen molar-refractivity contribution in [1.82, 2.24) is 4.98 Å². The van der Waals surface area contributed by atoms with Gasteiger partial charge in [-0.2, -0.15) is 5.26 Å². The molecule has 37 heavy (non-hydrogen) atoms. The van der Waals surface area contributed by atoms with Crippen molar-refractivity contribution in [1.29, 1.82) is 5.26 Å². The number of fused-ring (bicyclic) bond motifs is 1. The van der Waals surface area contributed by atoms with Gasteiger partial charge in [-0.25, -0.2) is 8.78 Å². The molecule has 190 valence electrons. The smallest absolute Gasteiger partial charge is 0.141 e. The molecule has 0 atom stereocenters. The third-order valence-electron chi connectivity index (χ3n) is 6.67. The molecule has 0 saturated carbocycles. The van der Waals surface area contributed by atoms with E-state index in [-0.39, 0.29) is 11.4 Å². The lowest BCUT2D eigenvalue weighted by Gasteiger charge is -2.10. The van der Waals surface area contributed by atoms with E-state index in [1.165, 1.54) is 31.4 Å². The molecule has 0 spiro atoms. The van der Waals surface area contributed by atoms with Gasteiger partial charge in [0, 0.05) is 11.1 Å². The van der Waals surface area contributed by atoms with Gasteiger partial charge in [0.15, 0.2) is 0 Å². The minimum atomic E-state index is -0.538. The summed E-state index contributed by atoms with van der Waals surface area (Å²) >= 11 is 0. The number of ether oxygens (including phenoxy) is 1. The Labute approximate surface area is 217 Å². The minimum Gasteiger partial charge on any atom is -0.492 e. The third-order valence-corrected chi connectivity index (χ3v) is 6.67. The highest BCUT2D eigenvalue weighted by molar-refractivity contribution is 5.84. The molecule has 0 amide bonds. The van der Waals surface area contributed by atoms with Gasteiger partial charge in [0.2, 0.25) is 0 Å². The zero-order valence-corrected chi connectivity index (χ0v) is 21.3. The van der Waals surface area contributed by atoms with Gasteiger partial charge < -0.3 is 4.74 Å². The average Bonchev–Trinajstić information content (AvgIpc) is 2.92. The summed E-state index contributed by atoms with van der Waals surface area (Å²) in [5.41, 5.74) is 3.49. The second-order valence-electron chi connectivity index (χ2n) is 9.41. The zero-order chi connectivity index (χ0) is 26.0. The third kappa shape index (κ3) is 7.13. The molecule has 0 fully saturated rings. The number of rotatable bonds is 12. The van der Waals surface area contributed by atoms with Crippen LogP contribution in [0.25, 0.3) is 10.8 Å². The van der Waals surface area contributed by atoms with E-state index in [4.69, 9.17) is 10.00 Å². The number of unbranched alkanes of at least 4 members (excludes halogenated alkanes) is 3. The molecular formula is C32H32F2N2O. The van der Waals surface area contributed by atoms with E-state index in [0.717, 1.165) is 53.8 Å². The van der Waals surface area contributed by atoms with Crippen molar-refractivity contribution in [3.63, 3.8) is 0 Å². The maximum atomic E-state index is 15.2. The van der Waals surface area contributed by atoms with Crippen molar-refractivity contribution < 1.29 is 13.5 Å². The summed E-state index contributed by atoms with van der Waals surface area (Å²) in [6.45, 7) is 2.92. The van der Waals surface area contributed by atoms with Crippen LogP contribution in [0.4, 0.5) is 8.78 Å². The van der Waals surface area contributed by atoms with E-state index in [1.54, 1.807) is 12.3 Å². The normalized spacial score (nSPS) is 11.0. The maximum absolute atomic E-state index is 15.2. The average molecular weight is 499 g/mol. The minimum absolute atomic E-state index is 0.0198. The fraction of sp³-hybridized carbons (Fsp3) is 0.312. The Morgan fingerprint density at radius 2 is 1.65 bits per heavy atom. The van der Waals surface area contributed by atoms with Crippen molar-refractivity contribution >= 4 is 10.8 Å². The highest BCUT2D eigenvalue weighted by Gasteiger charge is 2.10. The predicted molar refractivity (Wildman–Crippen MR) is 144 cm³/mol. The Hall–Kier alpha value is -3.78. The molecule has 0 aliphatic carbocycles. The Bertz CT molecular complexity index is 1380. The molecule has 0 N–H and O–H groups in total. The van der Waals surface area contributed by atoms with Crippen LogP contribution in [0.3, 0.4) is 0 Å². The van der Waals surface area contributed by atoms with Gasteiger partial charge in [0.25, 0.3) is 0 Å². The summed E-state index contributed by atoms with van der Waals surface area (Å²) in [6.07, 6.45) is 9.07. The molecule has 3 nitrogen and oxygen atoms in total. The largest absolute Gasteiger partial charge is 0.492 e. The molecule has 0 aliphatic rings. The highest BCUT2D eigenvalue weighted by Crippen LogP contribution is 2.25. The van der Waals surface area contributed by atoms with Gasteiger partial charge in [-0.3, -0.25) is 4.98 Å². The summed E-state index contributed by atoms with van der Waals surface area (Å²) in [7, 11) is 0. The fourth-order valence-electron chi connectivity index (χ4n) is 4.45. The van der Waals surface area contributed by atoms with Crippen LogP contribution in [0.5, 0.6) is 5.75 Å². The van der Waals surface area contributed by atoms with E-state index in [9.17, 15) is 4.39 Å². The molecule has 4 rings (SSSR count). The maximum Gasteiger partial charge on any atom is 0.141 e. The predicted octanol–water partition coefficient (Wildman–Crippen LogP) is 7.91. The van der Waals surface area contributed by atoms with Crippen LogP contribution in [0.2, 0.25) is 0 Å². The first-order valence-electron chi connectivity index (χ1n) is 13.0. The van der Waals surface area contributed by atoms with Crippen molar-refractivity contribution in [3.05, 3.63) is 106 Å². The van der Waals surface area contributed by atoms with Gasteiger partial charge in [-0.05, 0) is 78.4 Å². The Morgan fingerprint density at radius 1 is 0.838 bits per heavy atom. The van der Waals surface area contributed by atoms with E-state index < -0.39 is 5.82 Å². The zero-order valence-electron chi connectivity index (χ0n) is 21.3. The van der Waals surface area contributed by atoms with Crippen LogP contribution in [-0.2, 0) is 25.7 Å². The van der Waals surface area contributed by atoms with Crippen molar-refractivity contribution in [2.75, 3.05) is 6.61 Å². The van der Waals surface area contributed by atoms with E-state index >= 15 is 4.39 Å². The number of aromatic nitrogens is 1. The monoisotopic (exact) mass is 498 g/mol. The Morgan fingerprint density at radius 3 is 2.41 bits per heavy atom. The van der Waals surface area contributed by atoms with Crippen LogP contribution < -0.4 is 4.74 Å². The first kappa shape index (κ1) is 26.3. The summed E-state index contributed by atoms with van der Waals surface area (Å²) in [5, 5.41) is 10.3. The lowest BCUT2D eigenvalue weighted by molar-refractivity contribution is 0.304. The van der Waals surface area contributed by atoms with E-state index in [1.807, 2.05) is 48.5 Å².